The van der Waals surface area contributed by atoms with Gasteiger partial charge in [-0.25, -0.2) is 9.50 Å². The van der Waals surface area contributed by atoms with Crippen molar-refractivity contribution in [2.45, 2.75) is 20.3 Å². The molecule has 0 atom stereocenters. The van der Waals surface area contributed by atoms with E-state index in [-0.39, 0.29) is 16.8 Å². The van der Waals surface area contributed by atoms with Crippen LogP contribution in [0.2, 0.25) is 0 Å². The zero-order valence-electron chi connectivity index (χ0n) is 12.2. The summed E-state index contributed by atoms with van der Waals surface area (Å²) in [5.41, 5.74) is 2.86. The fraction of sp³-hybridized carbons (Fsp3) is 0.188. The van der Waals surface area contributed by atoms with Crippen LogP contribution in [-0.4, -0.2) is 20.6 Å². The molecule has 0 aliphatic heterocycles. The summed E-state index contributed by atoms with van der Waals surface area (Å²) in [6.07, 6.45) is 1.66. The molecule has 0 saturated heterocycles. The monoisotopic (exact) mass is 296 g/mol. The van der Waals surface area contributed by atoms with Crippen LogP contribution in [-0.2, 0) is 6.42 Å². The molecular weight excluding hydrogens is 282 g/mol. The maximum Gasteiger partial charge on any atom is 0.276 e. The minimum atomic E-state index is -1.36. The fourth-order valence-electron chi connectivity index (χ4n) is 2.42. The molecule has 0 radical (unpaired) electrons. The highest BCUT2D eigenvalue weighted by molar-refractivity contribution is 5.92. The van der Waals surface area contributed by atoms with E-state index in [4.69, 9.17) is 0 Å². The quantitative estimate of drug-likeness (QED) is 0.766. The van der Waals surface area contributed by atoms with Crippen LogP contribution in [0.5, 0.6) is 0 Å². The molecule has 3 aromatic rings. The highest BCUT2D eigenvalue weighted by atomic mass is 16.4. The van der Waals surface area contributed by atoms with Gasteiger partial charge in [0.05, 0.1) is 11.5 Å². The number of fused-ring (bicyclic) bond motifs is 1. The molecule has 1 N–H and O–H groups in total. The summed E-state index contributed by atoms with van der Waals surface area (Å²) in [5, 5.41) is 13.6. The van der Waals surface area contributed by atoms with Crippen molar-refractivity contribution in [1.29, 1.82) is 0 Å². The number of nitrogens with zero attached hydrogens (tertiary/aromatic N) is 2. The van der Waals surface area contributed by atoms with Gasteiger partial charge in [-0.2, -0.15) is 0 Å². The lowest BCUT2D eigenvalue weighted by molar-refractivity contribution is -0.254. The Labute approximate surface area is 126 Å². The molecule has 0 saturated carbocycles. The molecule has 2 heterocycles. The predicted octanol–water partition coefficient (Wildman–Crippen LogP) is 0.594. The predicted molar refractivity (Wildman–Crippen MR) is 78.9 cm³/mol. The van der Waals surface area contributed by atoms with Crippen molar-refractivity contribution < 1.29 is 9.90 Å². The van der Waals surface area contributed by atoms with Gasteiger partial charge in [0.2, 0.25) is 0 Å². The van der Waals surface area contributed by atoms with E-state index < -0.39 is 5.97 Å². The number of aromatic nitrogens is 3. The van der Waals surface area contributed by atoms with Crippen LogP contribution in [0.3, 0.4) is 0 Å². The largest absolute Gasteiger partial charge is 0.545 e. The fourth-order valence-corrected chi connectivity index (χ4v) is 2.42. The lowest BCUT2D eigenvalue weighted by Gasteiger charge is -2.07. The first-order valence-electron chi connectivity index (χ1n) is 6.84. The highest BCUT2D eigenvalue weighted by Crippen LogP contribution is 2.13. The molecule has 3 rings (SSSR count). The Bertz CT molecular complexity index is 920. The number of hydrogen-bond donors (Lipinski definition) is 1. The van der Waals surface area contributed by atoms with Gasteiger partial charge in [0.25, 0.3) is 5.56 Å². The second-order valence-corrected chi connectivity index (χ2v) is 5.28. The average Bonchev–Trinajstić information content (AvgIpc) is 2.89. The van der Waals surface area contributed by atoms with Gasteiger partial charge >= 0.3 is 0 Å². The number of benzene rings is 1. The van der Waals surface area contributed by atoms with Gasteiger partial charge in [-0.15, -0.1) is 0 Å². The van der Waals surface area contributed by atoms with Crippen molar-refractivity contribution >= 4 is 11.6 Å². The summed E-state index contributed by atoms with van der Waals surface area (Å²) in [4.78, 5) is 27.8. The van der Waals surface area contributed by atoms with Gasteiger partial charge in [-0.3, -0.25) is 9.89 Å². The first kappa shape index (κ1) is 14.1. The third-order valence-corrected chi connectivity index (χ3v) is 3.68. The zero-order valence-corrected chi connectivity index (χ0v) is 12.2. The number of H-pyrrole nitrogens is 1. The standard InChI is InChI=1S/C16H15N3O3/c1-9-3-5-11(6-4-9)7-12-10(2)18-14-13(16(21)22)8-17-19(14)15(12)20/h3-6,8,17H,7H2,1-2H3,(H,21,22)/p-1. The van der Waals surface area contributed by atoms with E-state index in [1.165, 1.54) is 6.20 Å². The number of carboxylic acids is 1. The van der Waals surface area contributed by atoms with E-state index in [0.29, 0.717) is 17.7 Å². The Morgan fingerprint density at radius 1 is 1.27 bits per heavy atom. The number of carbonyl (C=O) groups excluding carboxylic acids is 1. The van der Waals surface area contributed by atoms with E-state index in [2.05, 4.69) is 10.1 Å². The first-order valence-corrected chi connectivity index (χ1v) is 6.84. The molecule has 0 aliphatic rings. The summed E-state index contributed by atoms with van der Waals surface area (Å²) in [6.45, 7) is 3.70. The maximum atomic E-state index is 12.5. The number of rotatable bonds is 3. The van der Waals surface area contributed by atoms with E-state index in [1.54, 1.807) is 6.92 Å². The third kappa shape index (κ3) is 2.28. The number of carbonyl (C=O) groups is 1. The molecule has 22 heavy (non-hydrogen) atoms. The summed E-state index contributed by atoms with van der Waals surface area (Å²) in [5.74, 6) is -1.36. The Morgan fingerprint density at radius 2 is 1.95 bits per heavy atom. The molecule has 112 valence electrons. The molecule has 0 fully saturated rings. The smallest absolute Gasteiger partial charge is 0.276 e. The van der Waals surface area contributed by atoms with Crippen LogP contribution in [0.15, 0.2) is 35.3 Å². The Kier molecular flexibility index (Phi) is 3.29. The maximum absolute atomic E-state index is 12.5. The van der Waals surface area contributed by atoms with Crippen molar-refractivity contribution in [3.63, 3.8) is 0 Å². The third-order valence-electron chi connectivity index (χ3n) is 3.68. The summed E-state index contributed by atoms with van der Waals surface area (Å²) >= 11 is 0. The number of nitrogens with one attached hydrogen (secondary N) is 1. The lowest BCUT2D eigenvalue weighted by atomic mass is 10.0. The van der Waals surface area contributed by atoms with Crippen molar-refractivity contribution in [2.75, 3.05) is 0 Å². The van der Waals surface area contributed by atoms with Crippen LogP contribution >= 0.6 is 0 Å². The molecule has 0 aliphatic carbocycles. The number of hydrogen-bond acceptors (Lipinski definition) is 4. The van der Waals surface area contributed by atoms with Gasteiger partial charge in [0.1, 0.15) is 0 Å². The van der Waals surface area contributed by atoms with Crippen molar-refractivity contribution in [1.82, 2.24) is 14.6 Å². The zero-order chi connectivity index (χ0) is 15.9. The molecule has 1 aromatic carbocycles. The number of aryl methyl sites for hydroxylation is 2. The van der Waals surface area contributed by atoms with E-state index >= 15 is 0 Å². The summed E-state index contributed by atoms with van der Waals surface area (Å²) in [7, 11) is 0. The Morgan fingerprint density at radius 3 is 2.59 bits per heavy atom. The van der Waals surface area contributed by atoms with Crippen molar-refractivity contribution in [3.8, 4) is 0 Å². The van der Waals surface area contributed by atoms with Crippen LogP contribution in [0.4, 0.5) is 0 Å². The second kappa shape index (κ2) is 5.14. The number of aromatic carboxylic acids is 1. The second-order valence-electron chi connectivity index (χ2n) is 5.28. The lowest BCUT2D eigenvalue weighted by Crippen LogP contribution is -2.25. The van der Waals surface area contributed by atoms with Crippen molar-refractivity contribution in [2.24, 2.45) is 0 Å². The van der Waals surface area contributed by atoms with Crippen LogP contribution in [0, 0.1) is 13.8 Å². The highest BCUT2D eigenvalue weighted by Gasteiger charge is 2.14. The summed E-state index contributed by atoms with van der Waals surface area (Å²) < 4.78 is 1.14. The SMILES string of the molecule is Cc1ccc(Cc2c(C)nc3c(C(=O)[O-])c[nH]n3c2=O)cc1. The van der Waals surface area contributed by atoms with Gasteiger partial charge in [-0.05, 0) is 19.4 Å². The molecule has 0 bridgehead atoms. The minimum absolute atomic E-state index is 0.0788. The van der Waals surface area contributed by atoms with E-state index in [1.807, 2.05) is 31.2 Å². The Balaban J connectivity index is 2.13. The molecule has 0 spiro atoms. The molecular formula is C16H14N3O3-. The molecule has 6 nitrogen and oxygen atoms in total. The van der Waals surface area contributed by atoms with Gasteiger partial charge in [-0.1, -0.05) is 29.8 Å². The topological polar surface area (TPSA) is 90.3 Å². The minimum Gasteiger partial charge on any atom is -0.545 e. The molecule has 2 aromatic heterocycles. The van der Waals surface area contributed by atoms with E-state index in [0.717, 1.165) is 15.6 Å². The van der Waals surface area contributed by atoms with Crippen molar-refractivity contribution in [3.05, 3.63) is 68.8 Å². The molecule has 6 heteroatoms. The average molecular weight is 296 g/mol. The summed E-state index contributed by atoms with van der Waals surface area (Å²) in [6, 6.07) is 7.89. The molecule has 0 unspecified atom stereocenters. The molecule has 0 amide bonds. The Hall–Kier alpha value is -2.89. The normalized spacial score (nSPS) is 11.0. The number of aromatic amines is 1. The van der Waals surface area contributed by atoms with Crippen LogP contribution in [0.1, 0.15) is 32.7 Å². The number of carboxylic acid groups (broad SMARTS) is 1. The van der Waals surface area contributed by atoms with Crippen LogP contribution in [0.25, 0.3) is 5.65 Å². The first-order chi connectivity index (χ1) is 10.5. The van der Waals surface area contributed by atoms with Gasteiger partial charge in [0.15, 0.2) is 5.65 Å². The van der Waals surface area contributed by atoms with E-state index in [9.17, 15) is 14.7 Å². The van der Waals surface area contributed by atoms with Gasteiger partial charge in [0, 0.05) is 23.9 Å². The van der Waals surface area contributed by atoms with Crippen LogP contribution < -0.4 is 10.7 Å². The van der Waals surface area contributed by atoms with Gasteiger partial charge < -0.3 is 9.90 Å².